The minimum Gasteiger partial charge on any atom is -0.494 e. The number of nitriles is 1. The van der Waals surface area contributed by atoms with Crippen molar-refractivity contribution < 1.29 is 14.3 Å². The number of aromatic nitrogens is 2. The van der Waals surface area contributed by atoms with Gasteiger partial charge in [0.2, 0.25) is 5.91 Å². The topological polar surface area (TPSA) is 100 Å². The molecule has 1 aliphatic rings. The van der Waals surface area contributed by atoms with Crippen LogP contribution in [0.5, 0.6) is 5.75 Å². The van der Waals surface area contributed by atoms with Crippen molar-refractivity contribution in [1.82, 2.24) is 14.5 Å². The first-order valence-electron chi connectivity index (χ1n) is 13.4. The minimum absolute atomic E-state index is 0.0739. The van der Waals surface area contributed by atoms with Gasteiger partial charge in [0.05, 0.1) is 30.3 Å². The van der Waals surface area contributed by atoms with Crippen molar-refractivity contribution in [2.24, 2.45) is 18.4 Å². The van der Waals surface area contributed by atoms with Crippen molar-refractivity contribution in [3.63, 3.8) is 0 Å². The molecule has 2 aromatic heterocycles. The molecule has 8 heteroatoms. The molecule has 1 saturated heterocycles. The number of pyridine rings is 1. The Morgan fingerprint density at radius 1 is 1.28 bits per heavy atom. The van der Waals surface area contributed by atoms with Crippen molar-refractivity contribution in [2.45, 2.75) is 65.8 Å². The van der Waals surface area contributed by atoms with Gasteiger partial charge in [0.15, 0.2) is 5.75 Å². The van der Waals surface area contributed by atoms with Gasteiger partial charge in [0, 0.05) is 36.8 Å². The lowest BCUT2D eigenvalue weighted by atomic mass is 9.76. The first-order valence-corrected chi connectivity index (χ1v) is 13.4. The summed E-state index contributed by atoms with van der Waals surface area (Å²) in [5.74, 6) is 0.526. The number of nitrogens with one attached hydrogen (secondary N) is 1. The fraction of sp³-hybridized carbons (Fsp3) is 0.484. The Bertz CT molecular complexity index is 1460. The van der Waals surface area contributed by atoms with E-state index in [1.165, 1.54) is 0 Å². The zero-order valence-corrected chi connectivity index (χ0v) is 24.3. The first kappa shape index (κ1) is 28.2. The predicted molar refractivity (Wildman–Crippen MR) is 153 cm³/mol. The van der Waals surface area contributed by atoms with Crippen LogP contribution in [0.4, 0.5) is 5.69 Å². The van der Waals surface area contributed by atoms with Gasteiger partial charge in [-0.25, -0.2) is 4.98 Å². The summed E-state index contributed by atoms with van der Waals surface area (Å²) in [4.78, 5) is 33.2. The molecule has 206 valence electrons. The van der Waals surface area contributed by atoms with Crippen molar-refractivity contribution in [2.75, 3.05) is 19.0 Å². The van der Waals surface area contributed by atoms with Gasteiger partial charge in [-0.2, -0.15) is 5.26 Å². The molecule has 1 N–H and O–H groups in total. The van der Waals surface area contributed by atoms with Gasteiger partial charge >= 0.3 is 0 Å². The van der Waals surface area contributed by atoms with E-state index in [2.05, 4.69) is 62.1 Å². The van der Waals surface area contributed by atoms with E-state index in [1.807, 2.05) is 18.5 Å². The average Bonchev–Trinajstić information content (AvgIpc) is 3.23. The van der Waals surface area contributed by atoms with Crippen LogP contribution < -0.4 is 10.1 Å². The Morgan fingerprint density at radius 2 is 2.00 bits per heavy atom. The SMILES string of the molecule is COc1c(NC(=O)c2cccc(C#N)c2)cnc2c1c([C@@H]1CCN(C(=O)[C@H](C)C(C)(C)C)C(C)(C)C1)cn2C. The third kappa shape index (κ3) is 5.36. The highest BCUT2D eigenvalue weighted by molar-refractivity contribution is 6.07. The lowest BCUT2D eigenvalue weighted by Crippen LogP contribution is -2.55. The molecule has 3 aromatic rings. The quantitative estimate of drug-likeness (QED) is 0.445. The lowest BCUT2D eigenvalue weighted by molar-refractivity contribution is -0.146. The highest BCUT2D eigenvalue weighted by Gasteiger charge is 2.42. The standard InChI is InChI=1S/C31H39N5O3/c1-19(30(2,3)4)29(38)36-13-12-22(15-31(36,5)6)23-18-35(7)27-25(23)26(39-8)24(17-33-27)34-28(37)21-11-9-10-20(14-21)16-32/h9-11,14,17-19,22H,12-13,15H2,1-8H3,(H,34,37)/t19-,22+/m0/s1. The molecule has 1 aromatic carbocycles. The molecule has 4 rings (SSSR count). The Kier molecular flexibility index (Phi) is 7.48. The molecule has 1 fully saturated rings. The fourth-order valence-corrected chi connectivity index (χ4v) is 5.56. The zero-order chi connectivity index (χ0) is 28.7. The number of hydrogen-bond acceptors (Lipinski definition) is 5. The maximum absolute atomic E-state index is 13.5. The smallest absolute Gasteiger partial charge is 0.255 e. The van der Waals surface area contributed by atoms with E-state index in [0.29, 0.717) is 29.1 Å². The van der Waals surface area contributed by atoms with Crippen molar-refractivity contribution in [3.8, 4) is 11.8 Å². The molecule has 0 saturated carbocycles. The number of likely N-dealkylation sites (tertiary alicyclic amines) is 1. The van der Waals surface area contributed by atoms with E-state index < -0.39 is 0 Å². The van der Waals surface area contributed by atoms with Gasteiger partial charge < -0.3 is 19.5 Å². The van der Waals surface area contributed by atoms with Crippen LogP contribution in [0.1, 0.15) is 81.8 Å². The van der Waals surface area contributed by atoms with E-state index in [9.17, 15) is 14.9 Å². The van der Waals surface area contributed by atoms with Crippen molar-refractivity contribution in [1.29, 1.82) is 5.26 Å². The summed E-state index contributed by atoms with van der Waals surface area (Å²) in [7, 11) is 3.55. The molecule has 2 atom stereocenters. The highest BCUT2D eigenvalue weighted by Crippen LogP contribution is 2.45. The molecular weight excluding hydrogens is 490 g/mol. The van der Waals surface area contributed by atoms with Crippen LogP contribution in [-0.2, 0) is 11.8 Å². The number of benzene rings is 1. The molecule has 1 aliphatic heterocycles. The molecule has 0 radical (unpaired) electrons. The second-order valence-corrected chi connectivity index (χ2v) is 12.3. The number of amides is 2. The second-order valence-electron chi connectivity index (χ2n) is 12.3. The minimum atomic E-state index is -0.343. The third-order valence-electron chi connectivity index (χ3n) is 8.23. The maximum atomic E-state index is 13.5. The number of piperidine rings is 1. The largest absolute Gasteiger partial charge is 0.494 e. The van der Waals surface area contributed by atoms with Gasteiger partial charge in [-0.3, -0.25) is 9.59 Å². The Labute approximate surface area is 231 Å². The third-order valence-corrected chi connectivity index (χ3v) is 8.23. The van der Waals surface area contributed by atoms with E-state index in [1.54, 1.807) is 37.6 Å². The molecule has 0 unspecified atom stereocenters. The molecule has 8 nitrogen and oxygen atoms in total. The van der Waals surface area contributed by atoms with E-state index in [4.69, 9.17) is 4.74 Å². The molecule has 39 heavy (non-hydrogen) atoms. The van der Waals surface area contributed by atoms with Crippen LogP contribution in [0.2, 0.25) is 0 Å². The molecule has 0 aliphatic carbocycles. The summed E-state index contributed by atoms with van der Waals surface area (Å²) in [6, 6.07) is 8.63. The number of ether oxygens (including phenoxy) is 1. The Hall–Kier alpha value is -3.86. The average molecular weight is 530 g/mol. The number of carbonyl (C=O) groups is 2. The summed E-state index contributed by atoms with van der Waals surface area (Å²) in [5, 5.41) is 13.0. The van der Waals surface area contributed by atoms with Gasteiger partial charge in [0.25, 0.3) is 5.91 Å². The zero-order valence-electron chi connectivity index (χ0n) is 24.3. The van der Waals surface area contributed by atoms with Crippen molar-refractivity contribution >= 4 is 28.5 Å². The molecule has 2 amide bonds. The summed E-state index contributed by atoms with van der Waals surface area (Å²) < 4.78 is 7.87. The number of methoxy groups -OCH3 is 1. The van der Waals surface area contributed by atoms with Crippen LogP contribution >= 0.6 is 0 Å². The second kappa shape index (κ2) is 10.4. The number of anilines is 1. The normalized spacial score (nSPS) is 17.9. The molecule has 0 spiro atoms. The van der Waals surface area contributed by atoms with Gasteiger partial charge in [-0.05, 0) is 61.8 Å². The summed E-state index contributed by atoms with van der Waals surface area (Å²) in [6.07, 6.45) is 5.33. The van der Waals surface area contributed by atoms with E-state index >= 15 is 0 Å². The molecule has 3 heterocycles. The lowest BCUT2D eigenvalue weighted by Gasteiger charge is -2.48. The maximum Gasteiger partial charge on any atom is 0.255 e. The number of nitrogens with zero attached hydrogens (tertiary/aromatic N) is 4. The summed E-state index contributed by atoms with van der Waals surface area (Å²) in [5.41, 5.74) is 2.71. The van der Waals surface area contributed by atoms with Crippen LogP contribution in [0.3, 0.4) is 0 Å². The van der Waals surface area contributed by atoms with Crippen LogP contribution in [0.25, 0.3) is 11.0 Å². The van der Waals surface area contributed by atoms with Crippen LogP contribution in [0, 0.1) is 22.7 Å². The van der Waals surface area contributed by atoms with Gasteiger partial charge in [-0.1, -0.05) is 33.8 Å². The highest BCUT2D eigenvalue weighted by atomic mass is 16.5. The van der Waals surface area contributed by atoms with Crippen molar-refractivity contribution in [3.05, 3.63) is 53.3 Å². The monoisotopic (exact) mass is 529 g/mol. The number of fused-ring (bicyclic) bond motifs is 1. The number of carbonyl (C=O) groups excluding carboxylic acids is 2. The van der Waals surface area contributed by atoms with Gasteiger partial charge in [0.1, 0.15) is 11.3 Å². The van der Waals surface area contributed by atoms with E-state index in [-0.39, 0.29) is 34.6 Å². The number of hydrogen-bond donors (Lipinski definition) is 1. The summed E-state index contributed by atoms with van der Waals surface area (Å²) in [6.45, 7) is 13.3. The number of rotatable bonds is 5. The van der Waals surface area contributed by atoms with E-state index in [0.717, 1.165) is 29.4 Å². The van der Waals surface area contributed by atoms with Crippen LogP contribution in [-0.4, -0.2) is 45.5 Å². The molecular formula is C31H39N5O3. The van der Waals surface area contributed by atoms with Crippen LogP contribution in [0.15, 0.2) is 36.7 Å². The summed E-state index contributed by atoms with van der Waals surface area (Å²) >= 11 is 0. The molecule has 0 bridgehead atoms. The predicted octanol–water partition coefficient (Wildman–Crippen LogP) is 5.87. The fourth-order valence-electron chi connectivity index (χ4n) is 5.56. The van der Waals surface area contributed by atoms with Gasteiger partial charge in [-0.15, -0.1) is 0 Å². The first-order chi connectivity index (χ1) is 18.3. The number of aryl methyl sites for hydroxylation is 1. The Morgan fingerprint density at radius 3 is 2.62 bits per heavy atom. The Balaban J connectivity index is 1.68.